The highest BCUT2D eigenvalue weighted by atomic mass is 15.2. The van der Waals surface area contributed by atoms with Crippen molar-refractivity contribution in [1.29, 1.82) is 0 Å². The van der Waals surface area contributed by atoms with Gasteiger partial charge in [-0.15, -0.1) is 0 Å². The lowest BCUT2D eigenvalue weighted by Gasteiger charge is -2.47. The maximum atomic E-state index is 4.68. The summed E-state index contributed by atoms with van der Waals surface area (Å²) in [4.78, 5) is 9.85. The average Bonchev–Trinajstić information content (AvgIpc) is 3.10. The topological polar surface area (TPSA) is 48.1 Å². The van der Waals surface area contributed by atoms with Crippen LogP contribution in [0.15, 0.2) is 30.3 Å². The van der Waals surface area contributed by atoms with Crippen LogP contribution in [0.1, 0.15) is 31.5 Å². The Balaban J connectivity index is 1.35. The minimum atomic E-state index is 0.530. The molecule has 0 saturated carbocycles. The standard InChI is InChI=1S/C20H29N5/c1-24-12-5-10-20(15-24)11-6-13-25(16-20)14-9-18-21-19(23-22-18)17-7-3-2-4-8-17/h2-4,7-8H,5-6,9-16H2,1H3,(H,21,22,23)/t20-/m1/s1. The number of hydrogen-bond donors (Lipinski definition) is 1. The van der Waals surface area contributed by atoms with Crippen molar-refractivity contribution < 1.29 is 0 Å². The third-order valence-corrected chi connectivity index (χ3v) is 5.82. The molecule has 0 radical (unpaired) electrons. The first-order valence-electron chi connectivity index (χ1n) is 9.60. The van der Waals surface area contributed by atoms with E-state index in [9.17, 15) is 0 Å². The number of likely N-dealkylation sites (tertiary alicyclic amines) is 2. The lowest BCUT2D eigenvalue weighted by Crippen LogP contribution is -2.51. The number of aromatic nitrogens is 3. The van der Waals surface area contributed by atoms with Crippen LogP contribution in [0.3, 0.4) is 0 Å². The van der Waals surface area contributed by atoms with Gasteiger partial charge >= 0.3 is 0 Å². The van der Waals surface area contributed by atoms with E-state index < -0.39 is 0 Å². The Labute approximate surface area is 150 Å². The van der Waals surface area contributed by atoms with Crippen molar-refractivity contribution in [2.75, 3.05) is 39.8 Å². The molecule has 1 aromatic heterocycles. The minimum Gasteiger partial charge on any atom is -0.306 e. The summed E-state index contributed by atoms with van der Waals surface area (Å²) < 4.78 is 0. The van der Waals surface area contributed by atoms with E-state index in [0.29, 0.717) is 5.41 Å². The van der Waals surface area contributed by atoms with Gasteiger partial charge in [0.1, 0.15) is 5.82 Å². The number of hydrogen-bond acceptors (Lipinski definition) is 4. The van der Waals surface area contributed by atoms with E-state index in [1.54, 1.807) is 0 Å². The van der Waals surface area contributed by atoms with E-state index in [1.165, 1.54) is 51.9 Å². The van der Waals surface area contributed by atoms with Crippen LogP contribution in [0.4, 0.5) is 0 Å². The fraction of sp³-hybridized carbons (Fsp3) is 0.600. The molecule has 5 nitrogen and oxygen atoms in total. The predicted octanol–water partition coefficient (Wildman–Crippen LogP) is 2.82. The largest absolute Gasteiger partial charge is 0.306 e. The molecule has 0 unspecified atom stereocenters. The van der Waals surface area contributed by atoms with E-state index in [2.05, 4.69) is 44.2 Å². The summed E-state index contributed by atoms with van der Waals surface area (Å²) in [6.45, 7) is 6.09. The number of rotatable bonds is 4. The van der Waals surface area contributed by atoms with E-state index in [-0.39, 0.29) is 0 Å². The Hall–Kier alpha value is -1.72. The van der Waals surface area contributed by atoms with Crippen molar-refractivity contribution in [1.82, 2.24) is 25.0 Å². The smallest absolute Gasteiger partial charge is 0.181 e. The normalized spacial score (nSPS) is 25.5. The summed E-state index contributed by atoms with van der Waals surface area (Å²) in [6.07, 6.45) is 6.43. The number of H-pyrrole nitrogens is 1. The maximum Gasteiger partial charge on any atom is 0.181 e. The first-order chi connectivity index (χ1) is 12.2. The molecule has 25 heavy (non-hydrogen) atoms. The molecule has 5 heteroatoms. The highest BCUT2D eigenvalue weighted by Crippen LogP contribution is 2.37. The van der Waals surface area contributed by atoms with E-state index in [1.807, 2.05) is 18.2 Å². The van der Waals surface area contributed by atoms with Crippen LogP contribution in [0, 0.1) is 5.41 Å². The Morgan fingerprint density at radius 3 is 2.68 bits per heavy atom. The molecule has 2 aliphatic rings. The summed E-state index contributed by atoms with van der Waals surface area (Å²) in [6, 6.07) is 10.2. The molecule has 1 spiro atoms. The van der Waals surface area contributed by atoms with Crippen LogP contribution in [-0.2, 0) is 6.42 Å². The molecule has 1 atom stereocenters. The number of benzene rings is 1. The van der Waals surface area contributed by atoms with Gasteiger partial charge in [-0.25, -0.2) is 4.98 Å². The third kappa shape index (κ3) is 3.93. The van der Waals surface area contributed by atoms with Gasteiger partial charge in [0.15, 0.2) is 5.82 Å². The summed E-state index contributed by atoms with van der Waals surface area (Å²) >= 11 is 0. The van der Waals surface area contributed by atoms with Crippen molar-refractivity contribution in [3.8, 4) is 11.4 Å². The summed E-state index contributed by atoms with van der Waals surface area (Å²) in [5.74, 6) is 1.80. The molecule has 2 aromatic rings. The molecule has 134 valence electrons. The molecule has 0 bridgehead atoms. The molecule has 1 N–H and O–H groups in total. The SMILES string of the molecule is CN1CCC[C@@]2(CCCN(CCc3nc(-c4ccccc4)n[nH]3)C2)C1. The zero-order valence-electron chi connectivity index (χ0n) is 15.2. The molecule has 2 fully saturated rings. The van der Waals surface area contributed by atoms with E-state index in [0.717, 1.165) is 30.2 Å². The molecule has 0 aliphatic carbocycles. The molecule has 0 amide bonds. The Bertz CT molecular complexity index is 678. The molecule has 2 saturated heterocycles. The van der Waals surface area contributed by atoms with Crippen molar-refractivity contribution in [3.63, 3.8) is 0 Å². The average molecular weight is 339 g/mol. The number of aromatic amines is 1. The quantitative estimate of drug-likeness (QED) is 0.930. The zero-order chi connectivity index (χ0) is 17.1. The molecule has 2 aliphatic heterocycles. The van der Waals surface area contributed by atoms with Crippen LogP contribution >= 0.6 is 0 Å². The number of piperidine rings is 2. The second-order valence-corrected chi connectivity index (χ2v) is 7.94. The Morgan fingerprint density at radius 1 is 1.08 bits per heavy atom. The maximum absolute atomic E-state index is 4.68. The second kappa shape index (κ2) is 7.26. The molecule has 4 rings (SSSR count). The zero-order valence-corrected chi connectivity index (χ0v) is 15.2. The lowest BCUT2D eigenvalue weighted by molar-refractivity contribution is 0.0234. The van der Waals surface area contributed by atoms with Gasteiger partial charge in [0.05, 0.1) is 0 Å². The lowest BCUT2D eigenvalue weighted by atomic mass is 9.74. The van der Waals surface area contributed by atoms with Gasteiger partial charge in [0.2, 0.25) is 0 Å². The summed E-state index contributed by atoms with van der Waals surface area (Å²) in [5, 5.41) is 7.51. The van der Waals surface area contributed by atoms with E-state index in [4.69, 9.17) is 0 Å². The van der Waals surface area contributed by atoms with Gasteiger partial charge in [0, 0.05) is 31.6 Å². The van der Waals surface area contributed by atoms with Crippen LogP contribution in [0.25, 0.3) is 11.4 Å². The van der Waals surface area contributed by atoms with Gasteiger partial charge in [-0.3, -0.25) is 5.10 Å². The third-order valence-electron chi connectivity index (χ3n) is 5.82. The molecule has 3 heterocycles. The minimum absolute atomic E-state index is 0.530. The predicted molar refractivity (Wildman–Crippen MR) is 100 cm³/mol. The van der Waals surface area contributed by atoms with Crippen molar-refractivity contribution in [2.45, 2.75) is 32.1 Å². The van der Waals surface area contributed by atoms with Crippen LogP contribution < -0.4 is 0 Å². The summed E-state index contributed by atoms with van der Waals surface area (Å²) in [5.41, 5.74) is 1.61. The van der Waals surface area contributed by atoms with Crippen LogP contribution in [0.2, 0.25) is 0 Å². The fourth-order valence-electron chi connectivity index (χ4n) is 4.68. The Morgan fingerprint density at radius 2 is 1.88 bits per heavy atom. The molecular formula is C20H29N5. The van der Waals surface area contributed by atoms with Crippen LogP contribution in [-0.4, -0.2) is 64.8 Å². The van der Waals surface area contributed by atoms with Gasteiger partial charge in [-0.1, -0.05) is 30.3 Å². The monoisotopic (exact) mass is 339 g/mol. The second-order valence-electron chi connectivity index (χ2n) is 7.94. The van der Waals surface area contributed by atoms with Crippen molar-refractivity contribution in [3.05, 3.63) is 36.2 Å². The number of nitrogens with one attached hydrogen (secondary N) is 1. The summed E-state index contributed by atoms with van der Waals surface area (Å²) in [7, 11) is 2.28. The van der Waals surface area contributed by atoms with E-state index >= 15 is 0 Å². The van der Waals surface area contributed by atoms with Crippen molar-refractivity contribution in [2.24, 2.45) is 5.41 Å². The van der Waals surface area contributed by atoms with Gasteiger partial charge < -0.3 is 9.80 Å². The highest BCUT2D eigenvalue weighted by Gasteiger charge is 2.37. The van der Waals surface area contributed by atoms with Crippen molar-refractivity contribution >= 4 is 0 Å². The fourth-order valence-corrected chi connectivity index (χ4v) is 4.68. The molecular weight excluding hydrogens is 310 g/mol. The Kier molecular flexibility index (Phi) is 4.86. The first kappa shape index (κ1) is 16.7. The van der Waals surface area contributed by atoms with Gasteiger partial charge in [-0.2, -0.15) is 5.10 Å². The number of nitrogens with zero attached hydrogens (tertiary/aromatic N) is 4. The van der Waals surface area contributed by atoms with Crippen LogP contribution in [0.5, 0.6) is 0 Å². The van der Waals surface area contributed by atoms with Gasteiger partial charge in [-0.05, 0) is 51.2 Å². The highest BCUT2D eigenvalue weighted by molar-refractivity contribution is 5.53. The van der Waals surface area contributed by atoms with Gasteiger partial charge in [0.25, 0.3) is 0 Å². The first-order valence-corrected chi connectivity index (χ1v) is 9.60. The molecule has 1 aromatic carbocycles.